The molecular weight excluding hydrogens is 419 g/mol. The Labute approximate surface area is 173 Å². The van der Waals surface area contributed by atoms with Crippen molar-refractivity contribution in [3.63, 3.8) is 0 Å². The molecule has 1 atom stereocenters. The van der Waals surface area contributed by atoms with Gasteiger partial charge in [-0.25, -0.2) is 4.79 Å². The van der Waals surface area contributed by atoms with Crippen molar-refractivity contribution in [2.24, 2.45) is 0 Å². The number of rotatable bonds is 4. The number of benzene rings is 2. The molecule has 4 amide bonds. The first-order valence-corrected chi connectivity index (χ1v) is 9.20. The molecular formula is C20H16F3N3O5. The normalized spacial score (nSPS) is 20.2. The highest BCUT2D eigenvalue weighted by Gasteiger charge is 2.55. The second-order valence-electron chi connectivity index (χ2n) is 6.94. The lowest BCUT2D eigenvalue weighted by Crippen LogP contribution is -2.48. The van der Waals surface area contributed by atoms with Gasteiger partial charge in [0.15, 0.2) is 5.54 Å². The summed E-state index contributed by atoms with van der Waals surface area (Å²) in [7, 11) is 0. The summed E-state index contributed by atoms with van der Waals surface area (Å²) in [4.78, 5) is 38.8. The number of nitrogens with one attached hydrogen (secondary N) is 2. The summed E-state index contributed by atoms with van der Waals surface area (Å²) < 4.78 is 46.0. The average Bonchev–Trinajstić information content (AvgIpc) is 2.93. The van der Waals surface area contributed by atoms with E-state index < -0.39 is 42.0 Å². The molecule has 2 aliphatic rings. The van der Waals surface area contributed by atoms with E-state index in [4.69, 9.17) is 4.74 Å². The van der Waals surface area contributed by atoms with Crippen LogP contribution in [0.4, 0.5) is 23.7 Å². The third-order valence-corrected chi connectivity index (χ3v) is 4.93. The predicted octanol–water partition coefficient (Wildman–Crippen LogP) is 2.75. The predicted molar refractivity (Wildman–Crippen MR) is 100 cm³/mol. The molecule has 4 rings (SSSR count). The molecule has 2 aliphatic heterocycles. The Hall–Kier alpha value is -3.76. The number of ether oxygens (including phenoxy) is 2. The molecule has 2 aromatic carbocycles. The lowest BCUT2D eigenvalue weighted by atomic mass is 9.84. The Kier molecular flexibility index (Phi) is 4.96. The summed E-state index contributed by atoms with van der Waals surface area (Å²) in [5.41, 5.74) is -0.608. The van der Waals surface area contributed by atoms with Gasteiger partial charge >= 0.3 is 12.4 Å². The quantitative estimate of drug-likeness (QED) is 0.720. The van der Waals surface area contributed by atoms with Crippen molar-refractivity contribution in [2.45, 2.75) is 18.3 Å². The standard InChI is InChI=1S/C20H16F3N3O5/c21-20(22,23)31-13-7-5-12(6-8-13)24-16(27)11-26-17(28)19(25-18(26)29)9-10-30-15-4-2-1-3-14(15)19/h1-8H,9-11H2,(H,24,27)(H,25,29)/t19-/m1/s1. The third-order valence-electron chi connectivity index (χ3n) is 4.93. The fourth-order valence-electron chi connectivity index (χ4n) is 3.60. The first kappa shape index (κ1) is 20.5. The number of hydrogen-bond acceptors (Lipinski definition) is 5. The van der Waals surface area contributed by atoms with E-state index >= 15 is 0 Å². The van der Waals surface area contributed by atoms with Crippen LogP contribution in [0, 0.1) is 0 Å². The summed E-state index contributed by atoms with van der Waals surface area (Å²) in [6.45, 7) is -0.342. The molecule has 0 bridgehead atoms. The third kappa shape index (κ3) is 3.98. The van der Waals surface area contributed by atoms with Gasteiger partial charge in [-0.2, -0.15) is 0 Å². The molecule has 31 heavy (non-hydrogen) atoms. The monoisotopic (exact) mass is 435 g/mol. The molecule has 8 nitrogen and oxygen atoms in total. The summed E-state index contributed by atoms with van der Waals surface area (Å²) in [5.74, 6) is -1.22. The molecule has 2 aromatic rings. The minimum Gasteiger partial charge on any atom is -0.493 e. The molecule has 1 fully saturated rings. The van der Waals surface area contributed by atoms with E-state index in [0.29, 0.717) is 11.3 Å². The van der Waals surface area contributed by atoms with Crippen LogP contribution in [0.3, 0.4) is 0 Å². The minimum atomic E-state index is -4.83. The van der Waals surface area contributed by atoms with Crippen molar-refractivity contribution in [3.05, 3.63) is 54.1 Å². The number of hydrogen-bond donors (Lipinski definition) is 2. The van der Waals surface area contributed by atoms with E-state index in [1.807, 2.05) is 0 Å². The van der Waals surface area contributed by atoms with Gasteiger partial charge in [0.2, 0.25) is 5.91 Å². The second kappa shape index (κ2) is 7.49. The number of carbonyl (C=O) groups excluding carboxylic acids is 3. The first-order chi connectivity index (χ1) is 14.7. The SMILES string of the molecule is O=C(CN1C(=O)N[C@@]2(CCOc3ccccc32)C1=O)Nc1ccc(OC(F)(F)F)cc1. The van der Waals surface area contributed by atoms with Gasteiger partial charge in [-0.15, -0.1) is 13.2 Å². The van der Waals surface area contributed by atoms with Gasteiger partial charge in [0.1, 0.15) is 18.0 Å². The van der Waals surface area contributed by atoms with Crippen molar-refractivity contribution in [1.82, 2.24) is 10.2 Å². The van der Waals surface area contributed by atoms with E-state index in [0.717, 1.165) is 17.0 Å². The van der Waals surface area contributed by atoms with Crippen LogP contribution in [0.1, 0.15) is 12.0 Å². The molecule has 2 N–H and O–H groups in total. The fourth-order valence-corrected chi connectivity index (χ4v) is 3.60. The second-order valence-corrected chi connectivity index (χ2v) is 6.94. The molecule has 0 aromatic heterocycles. The van der Waals surface area contributed by atoms with Crippen LogP contribution >= 0.6 is 0 Å². The lowest BCUT2D eigenvalue weighted by molar-refractivity contribution is -0.274. The van der Waals surface area contributed by atoms with Crippen molar-refractivity contribution in [3.8, 4) is 11.5 Å². The maximum Gasteiger partial charge on any atom is 0.573 e. The number of imide groups is 1. The van der Waals surface area contributed by atoms with Crippen LogP contribution < -0.4 is 20.1 Å². The zero-order valence-corrected chi connectivity index (χ0v) is 15.9. The molecule has 1 spiro atoms. The van der Waals surface area contributed by atoms with Gasteiger partial charge in [-0.1, -0.05) is 18.2 Å². The summed E-state index contributed by atoms with van der Waals surface area (Å²) in [5, 5.41) is 5.11. The summed E-state index contributed by atoms with van der Waals surface area (Å²) in [6, 6.07) is 10.6. The highest BCUT2D eigenvalue weighted by molar-refractivity contribution is 6.10. The van der Waals surface area contributed by atoms with E-state index in [9.17, 15) is 27.6 Å². The maximum absolute atomic E-state index is 13.1. The number of urea groups is 1. The highest BCUT2D eigenvalue weighted by atomic mass is 19.4. The fraction of sp³-hybridized carbons (Fsp3) is 0.250. The number of amides is 4. The van der Waals surface area contributed by atoms with E-state index in [2.05, 4.69) is 15.4 Å². The van der Waals surface area contributed by atoms with E-state index in [1.165, 1.54) is 12.1 Å². The number of anilines is 1. The Morgan fingerprint density at radius 1 is 1.16 bits per heavy atom. The van der Waals surface area contributed by atoms with Gasteiger partial charge < -0.3 is 20.1 Å². The largest absolute Gasteiger partial charge is 0.573 e. The number of carbonyl (C=O) groups is 3. The van der Waals surface area contributed by atoms with Crippen LogP contribution in [0.25, 0.3) is 0 Å². The number of nitrogens with zero attached hydrogens (tertiary/aromatic N) is 1. The number of para-hydroxylation sites is 1. The molecule has 1 saturated heterocycles. The highest BCUT2D eigenvalue weighted by Crippen LogP contribution is 2.40. The molecule has 0 saturated carbocycles. The maximum atomic E-state index is 13.1. The number of halogens is 3. The molecule has 0 unspecified atom stereocenters. The first-order valence-electron chi connectivity index (χ1n) is 9.20. The van der Waals surface area contributed by atoms with Crippen LogP contribution in [-0.4, -0.2) is 42.3 Å². The van der Waals surface area contributed by atoms with Crippen molar-refractivity contribution in [1.29, 1.82) is 0 Å². The van der Waals surface area contributed by atoms with E-state index in [-0.39, 0.29) is 18.7 Å². The lowest BCUT2D eigenvalue weighted by Gasteiger charge is -2.33. The van der Waals surface area contributed by atoms with Crippen LogP contribution in [-0.2, 0) is 15.1 Å². The number of fused-ring (bicyclic) bond motifs is 2. The van der Waals surface area contributed by atoms with Gasteiger partial charge in [-0.05, 0) is 30.3 Å². The molecule has 2 heterocycles. The summed E-state index contributed by atoms with van der Waals surface area (Å²) in [6.07, 6.45) is -4.61. The summed E-state index contributed by atoms with van der Waals surface area (Å²) >= 11 is 0. The Morgan fingerprint density at radius 2 is 1.87 bits per heavy atom. The Morgan fingerprint density at radius 3 is 2.58 bits per heavy atom. The molecule has 0 aliphatic carbocycles. The zero-order chi connectivity index (χ0) is 22.2. The van der Waals surface area contributed by atoms with Gasteiger partial charge in [0.25, 0.3) is 5.91 Å². The molecule has 162 valence electrons. The molecule has 0 radical (unpaired) electrons. The van der Waals surface area contributed by atoms with E-state index in [1.54, 1.807) is 24.3 Å². The van der Waals surface area contributed by atoms with Crippen molar-refractivity contribution in [2.75, 3.05) is 18.5 Å². The topological polar surface area (TPSA) is 97.0 Å². The Bertz CT molecular complexity index is 1040. The van der Waals surface area contributed by atoms with Gasteiger partial charge in [-0.3, -0.25) is 14.5 Å². The molecule has 11 heteroatoms. The van der Waals surface area contributed by atoms with Gasteiger partial charge in [0.05, 0.1) is 6.61 Å². The van der Waals surface area contributed by atoms with Gasteiger partial charge in [0, 0.05) is 17.7 Å². The number of alkyl halides is 3. The average molecular weight is 435 g/mol. The van der Waals surface area contributed by atoms with Crippen LogP contribution in [0.15, 0.2) is 48.5 Å². The minimum absolute atomic E-state index is 0.178. The van der Waals surface area contributed by atoms with Crippen LogP contribution in [0.5, 0.6) is 11.5 Å². The zero-order valence-electron chi connectivity index (χ0n) is 15.9. The van der Waals surface area contributed by atoms with Crippen molar-refractivity contribution >= 4 is 23.5 Å². The van der Waals surface area contributed by atoms with Crippen molar-refractivity contribution < 1.29 is 37.0 Å². The van der Waals surface area contributed by atoms with Crippen LogP contribution in [0.2, 0.25) is 0 Å². The Balaban J connectivity index is 1.45. The smallest absolute Gasteiger partial charge is 0.493 e.